The molecular formula is C16H17F9N2O4S. The molecular weight excluding hydrogens is 487 g/mol. The Balaban J connectivity index is 2.79. The fourth-order valence-electron chi connectivity index (χ4n) is 2.18. The molecule has 0 bridgehead atoms. The molecule has 0 aliphatic heterocycles. The van der Waals surface area contributed by atoms with Crippen LogP contribution >= 0.6 is 11.3 Å². The number of aromatic nitrogens is 1. The summed E-state index contributed by atoms with van der Waals surface area (Å²) in [6, 6.07) is -0.923. The van der Waals surface area contributed by atoms with Crippen LogP contribution < -0.4 is 5.32 Å². The monoisotopic (exact) mass is 504 g/mol. The highest BCUT2D eigenvalue weighted by Crippen LogP contribution is 2.54. The average molecular weight is 504 g/mol. The van der Waals surface area contributed by atoms with Gasteiger partial charge in [0.2, 0.25) is 0 Å². The minimum atomic E-state index is -7.00. The van der Waals surface area contributed by atoms with E-state index in [1.165, 1.54) is 12.3 Å². The summed E-state index contributed by atoms with van der Waals surface area (Å²) in [6.45, 7) is 3.24. The number of rotatable bonds is 9. The molecule has 16 heteroatoms. The van der Waals surface area contributed by atoms with E-state index in [4.69, 9.17) is 9.84 Å². The second-order valence-corrected chi connectivity index (χ2v) is 8.13. The molecule has 1 amide bonds. The summed E-state index contributed by atoms with van der Waals surface area (Å²) in [6.07, 6.45) is -11.6. The number of hydrogen-bond donors (Lipinski definition) is 2. The summed E-state index contributed by atoms with van der Waals surface area (Å²) in [5, 5.41) is 12.3. The number of carbonyl (C=O) groups is 2. The molecule has 0 aliphatic rings. The van der Waals surface area contributed by atoms with E-state index in [-0.39, 0.29) is 10.7 Å². The van der Waals surface area contributed by atoms with E-state index in [0.717, 1.165) is 25.2 Å². The maximum atomic E-state index is 13.7. The summed E-state index contributed by atoms with van der Waals surface area (Å²) in [4.78, 5) is 26.4. The fourth-order valence-corrected chi connectivity index (χ4v) is 2.98. The highest BCUT2D eigenvalue weighted by atomic mass is 32.1. The Labute approximate surface area is 178 Å². The molecule has 2 N–H and O–H groups in total. The van der Waals surface area contributed by atoms with Crippen molar-refractivity contribution in [2.24, 2.45) is 0 Å². The SMILES string of the molecule is CC(NC(=O)OC(C)(C)CCC(F)(F)C(F)(F)C(F)(F)C(F)(F)F)c1nc(C(=O)O)cs1. The quantitative estimate of drug-likeness (QED) is 0.424. The predicted octanol–water partition coefficient (Wildman–Crippen LogP) is 5.66. The van der Waals surface area contributed by atoms with Crippen LogP contribution in [0, 0.1) is 0 Å². The van der Waals surface area contributed by atoms with Gasteiger partial charge in [-0.25, -0.2) is 14.6 Å². The van der Waals surface area contributed by atoms with Crippen LogP contribution in [0.25, 0.3) is 0 Å². The van der Waals surface area contributed by atoms with Crippen LogP contribution in [-0.2, 0) is 4.74 Å². The third-order valence-electron chi connectivity index (χ3n) is 4.07. The zero-order valence-electron chi connectivity index (χ0n) is 16.5. The van der Waals surface area contributed by atoms with Crippen LogP contribution in [0.2, 0.25) is 0 Å². The van der Waals surface area contributed by atoms with Gasteiger partial charge in [-0.3, -0.25) is 0 Å². The number of ether oxygens (including phenoxy) is 1. The van der Waals surface area contributed by atoms with Crippen LogP contribution in [0.4, 0.5) is 44.3 Å². The smallest absolute Gasteiger partial charge is 0.460 e. The number of aromatic carboxylic acids is 1. The molecule has 1 rings (SSSR count). The number of nitrogens with zero attached hydrogens (tertiary/aromatic N) is 1. The van der Waals surface area contributed by atoms with Crippen molar-refractivity contribution in [3.05, 3.63) is 16.1 Å². The molecule has 6 nitrogen and oxygen atoms in total. The van der Waals surface area contributed by atoms with E-state index in [1.807, 2.05) is 0 Å². The van der Waals surface area contributed by atoms with Crippen molar-refractivity contribution in [3.63, 3.8) is 0 Å². The number of carboxylic acid groups (broad SMARTS) is 1. The standard InChI is InChI=1S/C16H17F9N2O4S/c1-7(9-27-8(6-32-9)10(28)29)26-11(30)31-12(2,3)4-5-13(17,18)14(19,20)15(21,22)16(23,24)25/h6-7H,4-5H2,1-3H3,(H,26,30)(H,28,29). The van der Waals surface area contributed by atoms with Gasteiger partial charge in [0.1, 0.15) is 10.6 Å². The molecule has 32 heavy (non-hydrogen) atoms. The van der Waals surface area contributed by atoms with E-state index >= 15 is 0 Å². The lowest BCUT2D eigenvalue weighted by Crippen LogP contribution is -2.61. The number of alkyl halides is 9. The molecule has 0 aliphatic carbocycles. The molecule has 1 unspecified atom stereocenters. The van der Waals surface area contributed by atoms with E-state index in [2.05, 4.69) is 10.3 Å². The molecule has 1 atom stereocenters. The summed E-state index contributed by atoms with van der Waals surface area (Å²) in [5.74, 6) is -20.9. The molecule has 0 radical (unpaired) electrons. The van der Waals surface area contributed by atoms with Crippen LogP contribution in [0.5, 0.6) is 0 Å². The zero-order valence-corrected chi connectivity index (χ0v) is 17.3. The number of nitrogens with one attached hydrogen (secondary N) is 1. The molecule has 1 aromatic rings. The fraction of sp³-hybridized carbons (Fsp3) is 0.688. The van der Waals surface area contributed by atoms with Crippen LogP contribution in [0.15, 0.2) is 5.38 Å². The number of thiazole rings is 1. The van der Waals surface area contributed by atoms with Crippen molar-refractivity contribution in [1.29, 1.82) is 0 Å². The Morgan fingerprint density at radius 3 is 2.03 bits per heavy atom. The molecule has 0 spiro atoms. The van der Waals surface area contributed by atoms with Gasteiger partial charge in [0.05, 0.1) is 6.04 Å². The van der Waals surface area contributed by atoms with Crippen molar-refractivity contribution in [2.45, 2.75) is 69.2 Å². The second kappa shape index (κ2) is 8.94. The number of carbonyl (C=O) groups excluding carboxylic acids is 1. The number of carboxylic acids is 1. The first-order valence-corrected chi connectivity index (χ1v) is 9.41. The first-order valence-electron chi connectivity index (χ1n) is 8.53. The number of amides is 1. The Kier molecular flexibility index (Phi) is 7.76. The third-order valence-corrected chi connectivity index (χ3v) is 5.09. The van der Waals surface area contributed by atoms with Gasteiger partial charge in [-0.05, 0) is 27.2 Å². The molecule has 1 aromatic heterocycles. The van der Waals surface area contributed by atoms with E-state index < -0.39 is 60.5 Å². The van der Waals surface area contributed by atoms with Gasteiger partial charge >= 0.3 is 36.0 Å². The molecule has 184 valence electrons. The molecule has 0 fully saturated rings. The lowest BCUT2D eigenvalue weighted by Gasteiger charge is -2.35. The first kappa shape index (κ1) is 27.8. The van der Waals surface area contributed by atoms with Gasteiger partial charge < -0.3 is 15.2 Å². The van der Waals surface area contributed by atoms with Crippen LogP contribution in [-0.4, -0.2) is 51.7 Å². The topological polar surface area (TPSA) is 88.5 Å². The predicted molar refractivity (Wildman–Crippen MR) is 91.3 cm³/mol. The van der Waals surface area contributed by atoms with Gasteiger partial charge in [-0.2, -0.15) is 39.5 Å². The molecule has 0 aromatic carbocycles. The van der Waals surface area contributed by atoms with E-state index in [9.17, 15) is 49.1 Å². The highest BCUT2D eigenvalue weighted by molar-refractivity contribution is 7.09. The van der Waals surface area contributed by atoms with Gasteiger partial charge in [-0.1, -0.05) is 0 Å². The maximum absolute atomic E-state index is 13.7. The Morgan fingerprint density at radius 1 is 1.06 bits per heavy atom. The first-order chi connectivity index (χ1) is 14.1. The maximum Gasteiger partial charge on any atom is 0.460 e. The Morgan fingerprint density at radius 2 is 1.59 bits per heavy atom. The second-order valence-electron chi connectivity index (χ2n) is 7.24. The number of hydrogen-bond acceptors (Lipinski definition) is 5. The summed E-state index contributed by atoms with van der Waals surface area (Å²) in [5.41, 5.74) is -2.29. The largest absolute Gasteiger partial charge is 0.476 e. The number of halogens is 9. The highest BCUT2D eigenvalue weighted by Gasteiger charge is 2.81. The van der Waals surface area contributed by atoms with Crippen molar-refractivity contribution in [1.82, 2.24) is 10.3 Å². The van der Waals surface area contributed by atoms with Gasteiger partial charge in [0.15, 0.2) is 5.69 Å². The van der Waals surface area contributed by atoms with Gasteiger partial charge in [0.25, 0.3) is 0 Å². The zero-order chi connectivity index (χ0) is 25.3. The van der Waals surface area contributed by atoms with Crippen LogP contribution in [0.3, 0.4) is 0 Å². The average Bonchev–Trinajstić information content (AvgIpc) is 3.09. The van der Waals surface area contributed by atoms with Crippen LogP contribution in [0.1, 0.15) is 55.2 Å². The Bertz CT molecular complexity index is 840. The van der Waals surface area contributed by atoms with Gasteiger partial charge in [-0.15, -0.1) is 11.3 Å². The summed E-state index contributed by atoms with van der Waals surface area (Å²) < 4.78 is 121. The normalized spacial score (nSPS) is 14.8. The van der Waals surface area contributed by atoms with Gasteiger partial charge in [0, 0.05) is 11.8 Å². The molecule has 0 saturated carbocycles. The minimum absolute atomic E-state index is 0.123. The van der Waals surface area contributed by atoms with Crippen molar-refractivity contribution in [3.8, 4) is 0 Å². The molecule has 1 heterocycles. The summed E-state index contributed by atoms with van der Waals surface area (Å²) >= 11 is 0.859. The Hall–Kier alpha value is -2.26. The molecule has 0 saturated heterocycles. The van der Waals surface area contributed by atoms with Crippen molar-refractivity contribution >= 4 is 23.4 Å². The summed E-state index contributed by atoms with van der Waals surface area (Å²) in [7, 11) is 0. The van der Waals surface area contributed by atoms with E-state index in [1.54, 1.807) is 0 Å². The van der Waals surface area contributed by atoms with Crippen molar-refractivity contribution in [2.75, 3.05) is 0 Å². The lowest BCUT2D eigenvalue weighted by molar-refractivity contribution is -0.397. The van der Waals surface area contributed by atoms with Crippen molar-refractivity contribution < 1.29 is 58.9 Å². The lowest BCUT2D eigenvalue weighted by atomic mass is 9.94. The number of alkyl carbamates (subject to hydrolysis) is 1. The third kappa shape index (κ3) is 5.95. The van der Waals surface area contributed by atoms with E-state index in [0.29, 0.717) is 0 Å². The minimum Gasteiger partial charge on any atom is -0.476 e.